The van der Waals surface area contributed by atoms with Crippen molar-refractivity contribution in [1.82, 2.24) is 0 Å². The Labute approximate surface area is 83.4 Å². The van der Waals surface area contributed by atoms with Gasteiger partial charge in [-0.05, 0) is 0 Å². The molecule has 0 saturated heterocycles. The second kappa shape index (κ2) is 11.6. The van der Waals surface area contributed by atoms with Gasteiger partial charge in [-0.3, -0.25) is 0 Å². The smallest absolute Gasteiger partial charge is 0.316 e. The maximum atomic E-state index is 4.87. The van der Waals surface area contributed by atoms with Gasteiger partial charge in [0.25, 0.3) is 0 Å². The summed E-state index contributed by atoms with van der Waals surface area (Å²) in [6.45, 7) is 0. The molecule has 11 heavy (non-hydrogen) atoms. The molecule has 0 aliphatic heterocycles. The molecule has 0 saturated carbocycles. The van der Waals surface area contributed by atoms with Gasteiger partial charge in [-0.15, -0.1) is 0 Å². The molecule has 0 amide bonds. The van der Waals surface area contributed by atoms with Gasteiger partial charge in [0.1, 0.15) is 0 Å². The zero-order valence-corrected chi connectivity index (χ0v) is 10.3. The van der Waals surface area contributed by atoms with E-state index in [0.717, 1.165) is 0 Å². The molecule has 0 aromatic carbocycles. The summed E-state index contributed by atoms with van der Waals surface area (Å²) in [4.78, 5) is 0. The Morgan fingerprint density at radius 3 is 1.00 bits per heavy atom. The van der Waals surface area contributed by atoms with E-state index in [1.54, 1.807) is 21.3 Å². The molecule has 70 valence electrons. The number of hydrogen-bond donors (Lipinski definition) is 0. The lowest BCUT2D eigenvalue weighted by atomic mass is 11.8. The third kappa shape index (κ3) is 18.5. The highest BCUT2D eigenvalue weighted by Crippen LogP contribution is 2.51. The van der Waals surface area contributed by atoms with Gasteiger partial charge in [-0.1, -0.05) is 33.7 Å². The lowest BCUT2D eigenvalue weighted by Gasteiger charge is -2.05. The predicted molar refractivity (Wildman–Crippen MR) is 52.4 cm³/mol. The number of halogens is 3. The first-order chi connectivity index (χ1) is 5.08. The predicted octanol–water partition coefficient (Wildman–Crippen LogP) is 4.08. The van der Waals surface area contributed by atoms with Crippen molar-refractivity contribution in [3.8, 4) is 0 Å². The van der Waals surface area contributed by atoms with Crippen LogP contribution in [0.1, 0.15) is 0 Å². The molecule has 0 aliphatic carbocycles. The SMILES string of the molecule is COP(OC)OC.ClP(Cl)Cl. The first-order valence-corrected chi connectivity index (χ1v) is 7.43. The summed E-state index contributed by atoms with van der Waals surface area (Å²) < 4.78 is 14.0. The second-order valence-electron chi connectivity index (χ2n) is 0.963. The van der Waals surface area contributed by atoms with Crippen molar-refractivity contribution in [3.63, 3.8) is 0 Å². The zero-order chi connectivity index (χ0) is 9.28. The normalized spacial score (nSPS) is 9.82. The van der Waals surface area contributed by atoms with E-state index >= 15 is 0 Å². The van der Waals surface area contributed by atoms with Crippen LogP contribution in [0.3, 0.4) is 0 Å². The molecule has 0 spiro atoms. The average Bonchev–Trinajstić information content (AvgIpc) is 1.90. The maximum absolute atomic E-state index is 4.87. The molecule has 0 radical (unpaired) electrons. The summed E-state index contributed by atoms with van der Waals surface area (Å²) in [5.41, 5.74) is 0. The van der Waals surface area contributed by atoms with Crippen LogP contribution in [0.5, 0.6) is 0 Å². The Bertz CT molecular complexity index is 64.6. The highest BCUT2D eigenvalue weighted by Gasteiger charge is 2.00. The first-order valence-electron chi connectivity index (χ1n) is 2.28. The van der Waals surface area contributed by atoms with Crippen molar-refractivity contribution in [1.29, 1.82) is 0 Å². The highest BCUT2D eigenvalue weighted by atomic mass is 36.0. The summed E-state index contributed by atoms with van der Waals surface area (Å²) in [6, 6.07) is 0. The molecule has 0 bridgehead atoms. The molecular weight excluding hydrogens is 252 g/mol. The molecule has 0 unspecified atom stereocenters. The Hall–Kier alpha value is 1.61. The monoisotopic (exact) mass is 260 g/mol. The Balaban J connectivity index is 0. The lowest BCUT2D eigenvalue weighted by molar-refractivity contribution is 0.239. The quantitative estimate of drug-likeness (QED) is 0.716. The molecular formula is C3H9Cl3O3P2. The first kappa shape index (κ1) is 15.1. The molecule has 0 aromatic rings. The van der Waals surface area contributed by atoms with E-state index in [2.05, 4.69) is 13.6 Å². The summed E-state index contributed by atoms with van der Waals surface area (Å²) in [7, 11) is 3.57. The van der Waals surface area contributed by atoms with Gasteiger partial charge in [0, 0.05) is 21.3 Å². The topological polar surface area (TPSA) is 27.7 Å². The van der Waals surface area contributed by atoms with Crippen LogP contribution >= 0.6 is 48.3 Å². The van der Waals surface area contributed by atoms with E-state index < -0.39 is 14.6 Å². The minimum absolute atomic E-state index is 1.05. The largest absolute Gasteiger partial charge is 0.331 e. The van der Waals surface area contributed by atoms with Crippen LogP contribution in [0.2, 0.25) is 0 Å². The van der Waals surface area contributed by atoms with E-state index in [1.807, 2.05) is 0 Å². The van der Waals surface area contributed by atoms with Gasteiger partial charge in [0.15, 0.2) is 5.98 Å². The van der Waals surface area contributed by atoms with Gasteiger partial charge in [-0.2, -0.15) is 0 Å². The van der Waals surface area contributed by atoms with E-state index in [4.69, 9.17) is 33.7 Å². The van der Waals surface area contributed by atoms with Gasteiger partial charge in [0.05, 0.1) is 0 Å². The minimum Gasteiger partial charge on any atom is -0.316 e. The highest BCUT2D eigenvalue weighted by molar-refractivity contribution is 8.20. The summed E-state index contributed by atoms with van der Waals surface area (Å²) >= 11 is 14.6. The molecule has 0 fully saturated rings. The minimum atomic E-state index is -1.20. The number of rotatable bonds is 3. The van der Waals surface area contributed by atoms with Crippen molar-refractivity contribution in [2.45, 2.75) is 0 Å². The molecule has 0 atom stereocenters. The van der Waals surface area contributed by atoms with Crippen molar-refractivity contribution in [2.75, 3.05) is 21.3 Å². The molecule has 8 heteroatoms. The van der Waals surface area contributed by atoms with Crippen LogP contribution in [0.4, 0.5) is 0 Å². The van der Waals surface area contributed by atoms with Crippen molar-refractivity contribution in [3.05, 3.63) is 0 Å². The molecule has 0 aromatic heterocycles. The Morgan fingerprint density at radius 1 is 0.818 bits per heavy atom. The van der Waals surface area contributed by atoms with E-state index in [0.29, 0.717) is 0 Å². The van der Waals surface area contributed by atoms with Gasteiger partial charge in [0.2, 0.25) is 0 Å². The van der Waals surface area contributed by atoms with Crippen molar-refractivity contribution >= 4 is 48.3 Å². The average molecular weight is 261 g/mol. The second-order valence-corrected chi connectivity index (χ2v) is 7.49. The molecule has 0 heterocycles. The van der Waals surface area contributed by atoms with Crippen LogP contribution in [0.15, 0.2) is 0 Å². The van der Waals surface area contributed by atoms with E-state index in [1.165, 1.54) is 0 Å². The van der Waals surface area contributed by atoms with E-state index in [9.17, 15) is 0 Å². The van der Waals surface area contributed by atoms with Gasteiger partial charge in [-0.25, -0.2) is 0 Å². The molecule has 0 aliphatic rings. The summed E-state index contributed by atoms with van der Waals surface area (Å²) in [5, 5.41) is 0. The van der Waals surface area contributed by atoms with Crippen LogP contribution in [-0.2, 0) is 13.6 Å². The van der Waals surface area contributed by atoms with Crippen molar-refractivity contribution < 1.29 is 13.6 Å². The summed E-state index contributed by atoms with van der Waals surface area (Å²) in [5.74, 6) is -1.20. The lowest BCUT2D eigenvalue weighted by Crippen LogP contribution is -1.81. The third-order valence-corrected chi connectivity index (χ3v) is 1.34. The fraction of sp³-hybridized carbons (Fsp3) is 1.00. The Morgan fingerprint density at radius 2 is 1.00 bits per heavy atom. The summed E-state index contributed by atoms with van der Waals surface area (Å²) in [6.07, 6.45) is 0. The van der Waals surface area contributed by atoms with Gasteiger partial charge < -0.3 is 13.6 Å². The van der Waals surface area contributed by atoms with Gasteiger partial charge >= 0.3 is 8.60 Å². The zero-order valence-electron chi connectivity index (χ0n) is 6.25. The molecule has 3 nitrogen and oxygen atoms in total. The van der Waals surface area contributed by atoms with Crippen LogP contribution < -0.4 is 0 Å². The molecule has 0 N–H and O–H groups in total. The fourth-order valence-corrected chi connectivity index (χ4v) is 0.671. The van der Waals surface area contributed by atoms with Crippen LogP contribution in [0, 0.1) is 0 Å². The standard InChI is InChI=1S/C3H9O3P.Cl3P/c1-4-7(5-2)6-3;1-4(2)3/h1-3H3;. The van der Waals surface area contributed by atoms with E-state index in [-0.39, 0.29) is 0 Å². The van der Waals surface area contributed by atoms with Crippen LogP contribution in [0.25, 0.3) is 0 Å². The number of hydrogen-bond acceptors (Lipinski definition) is 3. The van der Waals surface area contributed by atoms with Crippen molar-refractivity contribution in [2.24, 2.45) is 0 Å². The van der Waals surface area contributed by atoms with Crippen LogP contribution in [-0.4, -0.2) is 21.3 Å². The fourth-order valence-electron chi connectivity index (χ4n) is 0.224. The maximum Gasteiger partial charge on any atom is 0.331 e. The molecule has 0 rings (SSSR count). The Kier molecular flexibility index (Phi) is 15.9. The third-order valence-electron chi connectivity index (χ3n) is 0.447.